The van der Waals surface area contributed by atoms with E-state index in [9.17, 15) is 24.3 Å². The fraction of sp³-hybridized carbons (Fsp3) is 0.584. The van der Waals surface area contributed by atoms with E-state index in [0.29, 0.717) is 45.1 Å². The van der Waals surface area contributed by atoms with E-state index in [1.54, 1.807) is 6.92 Å². The molecule has 2 heterocycles. The monoisotopic (exact) mass is 1500 g/mol. The van der Waals surface area contributed by atoms with E-state index >= 15 is 0 Å². The van der Waals surface area contributed by atoms with Crippen LogP contribution in [0.3, 0.4) is 0 Å². The summed E-state index contributed by atoms with van der Waals surface area (Å²) in [6, 6.07) is 25.4. The summed E-state index contributed by atoms with van der Waals surface area (Å²) < 4.78 is 20.4. The summed E-state index contributed by atoms with van der Waals surface area (Å²) in [5.74, 6) is 0.695. The van der Waals surface area contributed by atoms with E-state index in [4.69, 9.17) is 24.4 Å². The summed E-state index contributed by atoms with van der Waals surface area (Å²) in [4.78, 5) is 47.3. The van der Waals surface area contributed by atoms with Crippen LogP contribution in [0.15, 0.2) is 117 Å². The highest BCUT2D eigenvalue weighted by molar-refractivity contribution is 9.10. The summed E-state index contributed by atoms with van der Waals surface area (Å²) >= 11 is 9.64. The Bertz CT molecular complexity index is 3330. The van der Waals surface area contributed by atoms with Crippen molar-refractivity contribution in [3.63, 3.8) is 0 Å². The van der Waals surface area contributed by atoms with E-state index in [1.165, 1.54) is 192 Å². The average molecular weight is 1500 g/mol. The normalized spacial score (nSPS) is 13.6. The number of esters is 3. The van der Waals surface area contributed by atoms with Gasteiger partial charge in [0.1, 0.15) is 37.8 Å². The molecular formula is C77H108Br2N6O10S2. The summed E-state index contributed by atoms with van der Waals surface area (Å²) in [5.41, 5.74) is 4.76. The summed E-state index contributed by atoms with van der Waals surface area (Å²) in [5, 5.41) is 50.8. The van der Waals surface area contributed by atoms with Crippen molar-refractivity contribution >= 4 is 101 Å². The van der Waals surface area contributed by atoms with Crippen LogP contribution in [0, 0.1) is 0 Å². The molecule has 2 fully saturated rings. The molecule has 2 atom stereocenters. The fourth-order valence-electron chi connectivity index (χ4n) is 11.4. The quantitative estimate of drug-likeness (QED) is 0.0106. The van der Waals surface area contributed by atoms with Crippen molar-refractivity contribution in [2.75, 3.05) is 37.9 Å². The lowest BCUT2D eigenvalue weighted by molar-refractivity contribution is -0.151. The van der Waals surface area contributed by atoms with E-state index < -0.39 is 18.2 Å². The molecule has 2 aliphatic carbocycles. The summed E-state index contributed by atoms with van der Waals surface area (Å²) in [6.45, 7) is 5.16. The average Bonchev–Trinajstić information content (AvgIpc) is 1.76. The van der Waals surface area contributed by atoms with Gasteiger partial charge in [0.15, 0.2) is 10.3 Å². The number of fused-ring (bicyclic) bond motifs is 2. The fourth-order valence-corrected chi connectivity index (χ4v) is 14.0. The third kappa shape index (κ3) is 31.1. The van der Waals surface area contributed by atoms with Crippen LogP contribution in [-0.4, -0.2) is 119 Å². The Morgan fingerprint density at radius 2 is 0.825 bits per heavy atom. The van der Waals surface area contributed by atoms with Crippen molar-refractivity contribution in [2.45, 2.75) is 261 Å². The van der Waals surface area contributed by atoms with Crippen molar-refractivity contribution < 1.29 is 48.7 Å². The highest BCUT2D eigenvalue weighted by Crippen LogP contribution is 2.46. The van der Waals surface area contributed by atoms with E-state index in [2.05, 4.69) is 157 Å². The van der Waals surface area contributed by atoms with Gasteiger partial charge in [-0.3, -0.25) is 28.3 Å². The van der Waals surface area contributed by atoms with Gasteiger partial charge < -0.3 is 29.5 Å². The van der Waals surface area contributed by atoms with Crippen LogP contribution in [0.25, 0.3) is 32.9 Å². The highest BCUT2D eigenvalue weighted by atomic mass is 79.9. The van der Waals surface area contributed by atoms with Crippen molar-refractivity contribution in [1.29, 1.82) is 0 Å². The van der Waals surface area contributed by atoms with Gasteiger partial charge in [0.25, 0.3) is 0 Å². The SMILES string of the molecule is CC(=O)CSc1nnc(Br)n1-c1ccc(C2CC2)c2ccccc12.CCCCCCCC/C=C\CCCCCCCC(=O)OCC(O)CO.CCCCCCCC/C=C\CCCCCCCC(=O)OCC(O)COC(=O)CSc1nnc(Br)n1-c1ccc(C2CC2)c2ccccc12. The van der Waals surface area contributed by atoms with Crippen LogP contribution in [0.1, 0.15) is 249 Å². The summed E-state index contributed by atoms with van der Waals surface area (Å²) in [7, 11) is 0. The number of Topliss-reactive ketones (excluding diaryl/α,β-unsaturated/α-hetero) is 1. The van der Waals surface area contributed by atoms with Gasteiger partial charge in [-0.1, -0.05) is 225 Å². The molecule has 0 radical (unpaired) electrons. The number of ketones is 1. The molecule has 6 aromatic rings. The number of carbonyl (C=O) groups excluding carboxylic acids is 4. The van der Waals surface area contributed by atoms with Crippen LogP contribution in [0.5, 0.6) is 0 Å². The number of benzene rings is 4. The number of hydrogen-bond donors (Lipinski definition) is 3. The van der Waals surface area contributed by atoms with E-state index in [1.807, 2.05) is 15.2 Å². The Kier molecular flexibility index (Phi) is 39.8. The number of hydrogen-bond acceptors (Lipinski definition) is 16. The van der Waals surface area contributed by atoms with Gasteiger partial charge in [-0.15, -0.1) is 20.4 Å². The summed E-state index contributed by atoms with van der Waals surface area (Å²) in [6.07, 6.45) is 44.6. The van der Waals surface area contributed by atoms with Gasteiger partial charge in [-0.05, 0) is 175 Å². The van der Waals surface area contributed by atoms with Gasteiger partial charge in [0.2, 0.25) is 9.47 Å². The van der Waals surface area contributed by atoms with Crippen LogP contribution >= 0.6 is 55.4 Å². The van der Waals surface area contributed by atoms with Crippen molar-refractivity contribution in [3.05, 3.63) is 118 Å². The van der Waals surface area contributed by atoms with E-state index in [0.717, 1.165) is 73.3 Å². The minimum atomic E-state index is -1.08. The predicted molar refractivity (Wildman–Crippen MR) is 400 cm³/mol. The molecule has 0 spiro atoms. The molecule has 3 N–H and O–H groups in total. The molecule has 2 aromatic heterocycles. The number of aromatic nitrogens is 6. The molecule has 0 saturated heterocycles. The first-order valence-corrected chi connectivity index (χ1v) is 39.6. The number of nitrogens with zero attached hydrogens (tertiary/aromatic N) is 6. The zero-order chi connectivity index (χ0) is 69.2. The Balaban J connectivity index is 0.000000254. The highest BCUT2D eigenvalue weighted by Gasteiger charge is 2.28. The standard InChI is InChI=1S/C38H52BrN3O5S.C21H40O4.C18H16BrN3OS/c1-2-3-4-5-6-7-8-9-10-11-12-13-14-15-16-21-35(44)46-26-30(43)27-47-36(45)28-48-38-41-40-37(39)42(38)34-25-24-31(29-22-23-29)32-19-17-18-20-33(32)34;1-2-3-4-5-6-7-8-9-10-11-12-13-14-15-16-17-21(24)25-19-20(23)18-22;1-11(23)10-24-18-21-20-17(19)22(18)16-9-8-13(12-6-7-12)14-4-2-3-5-15(14)16/h9-10,17-20,24-25,29-30,43H,2-8,11-16,21-23,26-28H2,1H3;9-10,20,22-23H,2-8,11-19H2,1H3;2-5,8-9,12H,6-7,10H2,1H3/b2*10-9-;. The molecule has 16 nitrogen and oxygen atoms in total. The topological polar surface area (TPSA) is 218 Å². The molecule has 97 heavy (non-hydrogen) atoms. The third-order valence-electron chi connectivity index (χ3n) is 17.1. The second kappa shape index (κ2) is 47.8. The maximum absolute atomic E-state index is 12.5. The number of rotatable bonds is 47. The number of thioether (sulfide) groups is 2. The van der Waals surface area contributed by atoms with Gasteiger partial charge in [0, 0.05) is 23.6 Å². The Labute approximate surface area is 602 Å². The van der Waals surface area contributed by atoms with Crippen LogP contribution in [0.2, 0.25) is 0 Å². The van der Waals surface area contributed by atoms with Gasteiger partial charge >= 0.3 is 17.9 Å². The number of ether oxygens (including phenoxy) is 3. The molecule has 0 aliphatic heterocycles. The third-order valence-corrected chi connectivity index (χ3v) is 20.1. The van der Waals surface area contributed by atoms with E-state index in [-0.39, 0.29) is 49.9 Å². The molecule has 0 amide bonds. The van der Waals surface area contributed by atoms with Crippen LogP contribution in [0.4, 0.5) is 0 Å². The minimum Gasteiger partial charge on any atom is -0.463 e. The van der Waals surface area contributed by atoms with Crippen molar-refractivity contribution in [3.8, 4) is 11.4 Å². The van der Waals surface area contributed by atoms with Gasteiger partial charge in [0.05, 0.1) is 29.5 Å². The molecule has 20 heteroatoms. The predicted octanol–water partition coefficient (Wildman–Crippen LogP) is 19.3. The molecule has 8 rings (SSSR count). The second-order valence-electron chi connectivity index (χ2n) is 25.6. The lowest BCUT2D eigenvalue weighted by Crippen LogP contribution is -2.25. The lowest BCUT2D eigenvalue weighted by Gasteiger charge is -2.14. The Morgan fingerprint density at radius 3 is 1.21 bits per heavy atom. The largest absolute Gasteiger partial charge is 0.463 e. The molecule has 2 saturated carbocycles. The van der Waals surface area contributed by atoms with Crippen molar-refractivity contribution in [2.24, 2.45) is 0 Å². The van der Waals surface area contributed by atoms with Gasteiger partial charge in [-0.25, -0.2) is 0 Å². The smallest absolute Gasteiger partial charge is 0.316 e. The van der Waals surface area contributed by atoms with Crippen LogP contribution in [-0.2, 0) is 33.4 Å². The zero-order valence-electron chi connectivity index (χ0n) is 57.9. The number of unbranched alkanes of at least 4 members (excludes halogenated alkanes) is 22. The molecule has 2 aliphatic rings. The first kappa shape index (κ1) is 80.8. The van der Waals surface area contributed by atoms with Gasteiger partial charge in [-0.2, -0.15) is 0 Å². The second-order valence-corrected chi connectivity index (χ2v) is 29.0. The number of halogens is 2. The molecule has 0 bridgehead atoms. The molecule has 532 valence electrons. The number of aliphatic hydroxyl groups is 3. The Hall–Kier alpha value is -5.22. The number of carbonyl (C=O) groups is 4. The van der Waals surface area contributed by atoms with Crippen molar-refractivity contribution in [1.82, 2.24) is 29.5 Å². The molecule has 2 unspecified atom stereocenters. The van der Waals surface area contributed by atoms with Crippen LogP contribution < -0.4 is 0 Å². The first-order chi connectivity index (χ1) is 47.3. The zero-order valence-corrected chi connectivity index (χ0v) is 62.7. The maximum atomic E-state index is 12.5. The number of allylic oxidation sites excluding steroid dienone is 4. The lowest BCUT2D eigenvalue weighted by atomic mass is 9.99. The first-order valence-electron chi connectivity index (χ1n) is 36.1. The molecular weight excluding hydrogens is 1390 g/mol. The minimum absolute atomic E-state index is 0.00872. The Morgan fingerprint density at radius 1 is 0.474 bits per heavy atom. The number of aliphatic hydroxyl groups excluding tert-OH is 3. The molecule has 4 aromatic carbocycles. The maximum Gasteiger partial charge on any atom is 0.316 e.